The van der Waals surface area contributed by atoms with Crippen LogP contribution < -0.4 is 5.32 Å². The summed E-state index contributed by atoms with van der Waals surface area (Å²) in [6.45, 7) is 5.51. The Labute approximate surface area is 125 Å². The van der Waals surface area contributed by atoms with Crippen molar-refractivity contribution in [1.29, 1.82) is 0 Å². The van der Waals surface area contributed by atoms with Crippen molar-refractivity contribution in [3.05, 3.63) is 29.8 Å². The van der Waals surface area contributed by atoms with E-state index in [9.17, 15) is 9.90 Å². The summed E-state index contributed by atoms with van der Waals surface area (Å²) in [5.41, 5.74) is 1.17. The number of phenolic OH excluding ortho intramolecular Hbond substituents is 1. The van der Waals surface area contributed by atoms with E-state index in [1.165, 1.54) is 5.56 Å². The standard InChI is InChI=1S/C16H24N2O3/c1-13(12-14-2-4-15(19)5-3-14)17-7-6-16(20)18-8-10-21-11-9-18/h2-5,13,17,19H,6-12H2,1H3. The molecule has 1 heterocycles. The Morgan fingerprint density at radius 3 is 2.67 bits per heavy atom. The Balaban J connectivity index is 1.65. The lowest BCUT2D eigenvalue weighted by Crippen LogP contribution is -2.42. The summed E-state index contributed by atoms with van der Waals surface area (Å²) in [7, 11) is 0. The lowest BCUT2D eigenvalue weighted by molar-refractivity contribution is -0.135. The number of carbonyl (C=O) groups excluding carboxylic acids is 1. The minimum atomic E-state index is 0.197. The number of nitrogens with zero attached hydrogens (tertiary/aromatic N) is 1. The number of nitrogens with one attached hydrogen (secondary N) is 1. The summed E-state index contributed by atoms with van der Waals surface area (Å²) in [6, 6.07) is 7.54. The number of phenols is 1. The van der Waals surface area contributed by atoms with Gasteiger partial charge in [0.2, 0.25) is 5.91 Å². The number of hydrogen-bond donors (Lipinski definition) is 2. The van der Waals surface area contributed by atoms with Gasteiger partial charge in [0.1, 0.15) is 5.75 Å². The van der Waals surface area contributed by atoms with E-state index in [1.807, 2.05) is 17.0 Å². The van der Waals surface area contributed by atoms with E-state index in [0.717, 1.165) is 6.42 Å². The van der Waals surface area contributed by atoms with Crippen LogP contribution in [0.25, 0.3) is 0 Å². The molecule has 116 valence electrons. The van der Waals surface area contributed by atoms with E-state index in [-0.39, 0.29) is 11.7 Å². The average molecular weight is 292 g/mol. The van der Waals surface area contributed by atoms with Crippen LogP contribution in [0, 0.1) is 0 Å². The maximum atomic E-state index is 12.0. The van der Waals surface area contributed by atoms with Crippen LogP contribution in [0.4, 0.5) is 0 Å². The van der Waals surface area contributed by atoms with Crippen molar-refractivity contribution < 1.29 is 14.6 Å². The first kappa shape index (κ1) is 15.8. The fourth-order valence-electron chi connectivity index (χ4n) is 2.45. The Bertz CT molecular complexity index is 441. The van der Waals surface area contributed by atoms with Crippen molar-refractivity contribution in [2.45, 2.75) is 25.8 Å². The van der Waals surface area contributed by atoms with Gasteiger partial charge in [0, 0.05) is 32.1 Å². The van der Waals surface area contributed by atoms with E-state index in [4.69, 9.17) is 4.74 Å². The number of carbonyl (C=O) groups is 1. The zero-order valence-electron chi connectivity index (χ0n) is 12.5. The molecule has 1 fully saturated rings. The third-order valence-corrected chi connectivity index (χ3v) is 3.67. The van der Waals surface area contributed by atoms with Gasteiger partial charge in [0.05, 0.1) is 13.2 Å². The molecular formula is C16H24N2O3. The number of hydrogen-bond acceptors (Lipinski definition) is 4. The van der Waals surface area contributed by atoms with Gasteiger partial charge in [-0.25, -0.2) is 0 Å². The largest absolute Gasteiger partial charge is 0.508 e. The molecule has 2 rings (SSSR count). The molecule has 0 aromatic heterocycles. The zero-order chi connectivity index (χ0) is 15.1. The van der Waals surface area contributed by atoms with E-state index < -0.39 is 0 Å². The summed E-state index contributed by atoms with van der Waals surface area (Å²) >= 11 is 0. The molecule has 21 heavy (non-hydrogen) atoms. The number of amides is 1. The van der Waals surface area contributed by atoms with Crippen LogP contribution in [-0.4, -0.2) is 54.8 Å². The van der Waals surface area contributed by atoms with E-state index in [0.29, 0.717) is 45.3 Å². The van der Waals surface area contributed by atoms with Gasteiger partial charge >= 0.3 is 0 Å². The highest BCUT2D eigenvalue weighted by molar-refractivity contribution is 5.76. The molecule has 5 heteroatoms. The molecule has 1 saturated heterocycles. The topological polar surface area (TPSA) is 61.8 Å². The summed E-state index contributed by atoms with van der Waals surface area (Å²) in [5, 5.41) is 12.6. The summed E-state index contributed by atoms with van der Waals surface area (Å²) < 4.78 is 5.24. The number of aromatic hydroxyl groups is 1. The van der Waals surface area contributed by atoms with Gasteiger partial charge in [-0.05, 0) is 31.0 Å². The molecule has 1 amide bonds. The first-order valence-corrected chi connectivity index (χ1v) is 7.52. The van der Waals surface area contributed by atoms with Crippen molar-refractivity contribution in [3.63, 3.8) is 0 Å². The first-order chi connectivity index (χ1) is 10.1. The number of rotatable bonds is 6. The second-order valence-electron chi connectivity index (χ2n) is 5.47. The summed E-state index contributed by atoms with van der Waals surface area (Å²) in [6.07, 6.45) is 1.41. The fourth-order valence-corrected chi connectivity index (χ4v) is 2.45. The molecule has 1 aliphatic heterocycles. The van der Waals surface area contributed by atoms with Gasteiger partial charge in [-0.3, -0.25) is 4.79 Å². The minimum Gasteiger partial charge on any atom is -0.508 e. The van der Waals surface area contributed by atoms with Crippen molar-refractivity contribution in [1.82, 2.24) is 10.2 Å². The monoisotopic (exact) mass is 292 g/mol. The fraction of sp³-hybridized carbons (Fsp3) is 0.562. The smallest absolute Gasteiger partial charge is 0.224 e. The molecule has 1 aromatic carbocycles. The summed E-state index contributed by atoms with van der Waals surface area (Å²) in [4.78, 5) is 13.8. The maximum Gasteiger partial charge on any atom is 0.224 e. The molecule has 2 N–H and O–H groups in total. The SMILES string of the molecule is CC(Cc1ccc(O)cc1)NCCC(=O)N1CCOCC1. The number of morpholine rings is 1. The maximum absolute atomic E-state index is 12.0. The molecule has 5 nitrogen and oxygen atoms in total. The highest BCUT2D eigenvalue weighted by atomic mass is 16.5. The van der Waals surface area contributed by atoms with E-state index >= 15 is 0 Å². The van der Waals surface area contributed by atoms with Gasteiger partial charge in [-0.2, -0.15) is 0 Å². The highest BCUT2D eigenvalue weighted by Gasteiger charge is 2.16. The molecule has 0 bridgehead atoms. The lowest BCUT2D eigenvalue weighted by Gasteiger charge is -2.27. The molecule has 0 aliphatic carbocycles. The number of ether oxygens (including phenoxy) is 1. The minimum absolute atomic E-state index is 0.197. The molecule has 0 radical (unpaired) electrons. The normalized spacial score (nSPS) is 16.7. The van der Waals surface area contributed by atoms with Gasteiger partial charge < -0.3 is 20.1 Å². The second-order valence-corrected chi connectivity index (χ2v) is 5.47. The predicted octanol–water partition coefficient (Wildman–Crippen LogP) is 1.16. The van der Waals surface area contributed by atoms with Crippen LogP contribution in [0.1, 0.15) is 18.9 Å². The first-order valence-electron chi connectivity index (χ1n) is 7.52. The van der Waals surface area contributed by atoms with Gasteiger partial charge in [-0.1, -0.05) is 12.1 Å². The van der Waals surface area contributed by atoms with Crippen molar-refractivity contribution >= 4 is 5.91 Å². The van der Waals surface area contributed by atoms with Crippen LogP contribution >= 0.6 is 0 Å². The summed E-state index contributed by atoms with van der Waals surface area (Å²) in [5.74, 6) is 0.484. The molecule has 1 aliphatic rings. The van der Waals surface area contributed by atoms with E-state index in [2.05, 4.69) is 12.2 Å². The lowest BCUT2D eigenvalue weighted by atomic mass is 10.1. The molecule has 1 aromatic rings. The Kier molecular flexibility index (Phi) is 6.02. The van der Waals surface area contributed by atoms with Crippen molar-refractivity contribution in [3.8, 4) is 5.75 Å². The van der Waals surface area contributed by atoms with Crippen LogP contribution in [0.3, 0.4) is 0 Å². The Hall–Kier alpha value is -1.59. The second kappa shape index (κ2) is 8.00. The molecular weight excluding hydrogens is 268 g/mol. The van der Waals surface area contributed by atoms with Crippen LogP contribution in [-0.2, 0) is 16.0 Å². The average Bonchev–Trinajstić information content (AvgIpc) is 2.50. The zero-order valence-corrected chi connectivity index (χ0v) is 12.5. The third kappa shape index (κ3) is 5.36. The molecule has 1 unspecified atom stereocenters. The third-order valence-electron chi connectivity index (χ3n) is 3.67. The van der Waals surface area contributed by atoms with Crippen LogP contribution in [0.2, 0.25) is 0 Å². The highest BCUT2D eigenvalue weighted by Crippen LogP contribution is 2.11. The van der Waals surface area contributed by atoms with Gasteiger partial charge in [0.15, 0.2) is 0 Å². The van der Waals surface area contributed by atoms with Crippen molar-refractivity contribution in [2.75, 3.05) is 32.8 Å². The van der Waals surface area contributed by atoms with E-state index in [1.54, 1.807) is 12.1 Å². The molecule has 1 atom stereocenters. The Morgan fingerprint density at radius 1 is 1.33 bits per heavy atom. The molecule has 0 spiro atoms. The Morgan fingerprint density at radius 2 is 2.00 bits per heavy atom. The number of benzene rings is 1. The predicted molar refractivity (Wildman–Crippen MR) is 81.3 cm³/mol. The van der Waals surface area contributed by atoms with Crippen LogP contribution in [0.5, 0.6) is 5.75 Å². The van der Waals surface area contributed by atoms with Crippen LogP contribution in [0.15, 0.2) is 24.3 Å². The quantitative estimate of drug-likeness (QED) is 0.826. The van der Waals surface area contributed by atoms with Gasteiger partial charge in [-0.15, -0.1) is 0 Å². The molecule has 0 saturated carbocycles. The van der Waals surface area contributed by atoms with Gasteiger partial charge in [0.25, 0.3) is 0 Å². The van der Waals surface area contributed by atoms with Crippen molar-refractivity contribution in [2.24, 2.45) is 0 Å².